The SMILES string of the molecule is O.O.O.O=C(O)CCN(Cc1ccccn1)Cc1ccccn1.O=C(O)CCN(Cc1ccccn1)Cc1ccccn1.O=C([O-])CCN(Cc1ccccn1)Cc1ccccn1.[O-2].[O-2].[O-2].[O-][Cl+3]([O-])([O-])[O-].[O-][Cl+3]([O-])([O-])[O-].[O-][O-].[O-][O-].[O-][O-].[V].[V].[V]. The van der Waals surface area contributed by atoms with Crippen LogP contribution in [0.15, 0.2) is 146 Å². The van der Waals surface area contributed by atoms with E-state index in [1.165, 1.54) is 0 Å². The Bertz CT molecular complexity index is 1950. The van der Waals surface area contributed by atoms with Crippen LogP contribution < -0.4 is 73.9 Å². The fourth-order valence-electron chi connectivity index (χ4n) is 5.72. The van der Waals surface area contributed by atoms with E-state index in [9.17, 15) is 19.5 Å². The number of carbonyl (C=O) groups excluding carboxylic acids is 1. The van der Waals surface area contributed by atoms with E-state index in [0.29, 0.717) is 58.9 Å². The molecule has 0 aliphatic heterocycles. The minimum atomic E-state index is -4.94. The van der Waals surface area contributed by atoms with Crippen LogP contribution in [0.3, 0.4) is 0 Å². The largest absolute Gasteiger partial charge is 2.00 e. The van der Waals surface area contributed by atoms with Gasteiger partial charge in [-0.1, -0.05) is 36.4 Å². The average molecular weight is 1360 g/mol. The van der Waals surface area contributed by atoms with Crippen molar-refractivity contribution in [1.29, 1.82) is 0 Å². The zero-order valence-corrected chi connectivity index (χ0v) is 49.6. The van der Waals surface area contributed by atoms with Gasteiger partial charge in [-0.3, -0.25) is 54.2 Å². The predicted octanol–water partition coefficient (Wildman–Crippen LogP) is -15.0. The molecule has 40 heteroatoms. The van der Waals surface area contributed by atoms with Crippen LogP contribution in [0.25, 0.3) is 0 Å². The molecule has 0 fully saturated rings. The summed E-state index contributed by atoms with van der Waals surface area (Å²) in [6.45, 7) is 5.00. The normalized spacial score (nSPS) is 9.14. The molecule has 3 radical (unpaired) electrons. The zero-order valence-electron chi connectivity index (χ0n) is 43.9. The summed E-state index contributed by atoms with van der Waals surface area (Å²) in [6, 6.07) is 34.3. The average Bonchev–Trinajstić information content (AvgIpc) is 3.39. The first-order chi connectivity index (χ1) is 36.2. The number of aliphatic carboxylic acids is 3. The van der Waals surface area contributed by atoms with Crippen LogP contribution in [0.2, 0.25) is 0 Å². The number of rotatable bonds is 21. The molecule has 0 aliphatic carbocycles. The molecule has 6 rings (SSSR count). The van der Waals surface area contributed by atoms with Gasteiger partial charge in [0.2, 0.25) is 0 Å². The molecule has 0 saturated heterocycles. The Hall–Kier alpha value is -5.28. The first kappa shape index (κ1) is 105. The number of carboxylic acids is 3. The molecule has 0 amide bonds. The summed E-state index contributed by atoms with van der Waals surface area (Å²) >= 11 is 0. The van der Waals surface area contributed by atoms with E-state index in [0.717, 1.165) is 34.2 Å². The van der Waals surface area contributed by atoms with Crippen molar-refractivity contribution in [2.45, 2.75) is 58.5 Å². The first-order valence-electron chi connectivity index (χ1n) is 21.1. The van der Waals surface area contributed by atoms with Gasteiger partial charge in [0.1, 0.15) is 0 Å². The molecule has 6 aromatic heterocycles. The fourth-order valence-corrected chi connectivity index (χ4v) is 5.72. The van der Waals surface area contributed by atoms with Crippen LogP contribution in [0.4, 0.5) is 0 Å². The topological polar surface area (TPSA) is 705 Å². The van der Waals surface area contributed by atoms with Crippen molar-refractivity contribution in [3.63, 3.8) is 0 Å². The molecular weight excluding hydrogens is 1310 g/mol. The number of hydrogen-bond donors (Lipinski definition) is 2. The van der Waals surface area contributed by atoms with E-state index in [1.54, 1.807) is 37.2 Å². The van der Waals surface area contributed by atoms with Crippen LogP contribution in [0.5, 0.6) is 0 Å². The van der Waals surface area contributed by atoms with Gasteiger partial charge in [-0.25, -0.2) is 37.3 Å². The zero-order chi connectivity index (χ0) is 57.6. The molecule has 6 heterocycles. The summed E-state index contributed by atoms with van der Waals surface area (Å²) in [5.41, 5.74) is 5.51. The van der Waals surface area contributed by atoms with Gasteiger partial charge in [0.05, 0.1) is 47.0 Å². The molecular formula is C45H56Cl2N9O26V3-15. The van der Waals surface area contributed by atoms with Crippen LogP contribution in [-0.2, 0) is 126 Å². The molecule has 0 spiro atoms. The molecule has 0 bridgehead atoms. The number of hydrogen-bond acceptors (Lipinski definition) is 27. The molecule has 8 N–H and O–H groups in total. The fraction of sp³-hybridized carbons (Fsp3) is 0.267. The van der Waals surface area contributed by atoms with Crippen molar-refractivity contribution in [2.75, 3.05) is 19.6 Å². The third kappa shape index (κ3) is 69.4. The number of halogens is 2. The second-order valence-corrected chi connectivity index (χ2v) is 15.7. The van der Waals surface area contributed by atoms with Crippen molar-refractivity contribution in [2.24, 2.45) is 0 Å². The third-order valence-electron chi connectivity index (χ3n) is 8.59. The van der Waals surface area contributed by atoms with Crippen molar-refractivity contribution >= 4 is 17.9 Å². The Morgan fingerprint density at radius 2 is 0.506 bits per heavy atom. The Morgan fingerprint density at radius 3 is 0.624 bits per heavy atom. The predicted molar refractivity (Wildman–Crippen MR) is 235 cm³/mol. The Labute approximate surface area is 525 Å². The van der Waals surface area contributed by atoms with Crippen molar-refractivity contribution < 1.29 is 208 Å². The third-order valence-corrected chi connectivity index (χ3v) is 8.59. The quantitative estimate of drug-likeness (QED) is 0.0499. The Morgan fingerprint density at radius 1 is 0.353 bits per heavy atom. The van der Waals surface area contributed by atoms with E-state index in [4.69, 9.17) is 79.0 Å². The van der Waals surface area contributed by atoms with Gasteiger partial charge in [-0.05, 0) is 79.2 Å². The minimum absolute atomic E-state index is 0. The number of nitrogens with zero attached hydrogens (tertiary/aromatic N) is 9. The van der Waals surface area contributed by atoms with Crippen molar-refractivity contribution in [3.8, 4) is 0 Å². The smallest absolute Gasteiger partial charge is 0.304 e. The summed E-state index contributed by atoms with van der Waals surface area (Å²) in [4.78, 5) is 63.9. The van der Waals surface area contributed by atoms with Crippen LogP contribution in [-0.4, -0.2) is 109 Å². The molecule has 0 atom stereocenters. The summed E-state index contributed by atoms with van der Waals surface area (Å²) in [7, 11) is -9.89. The van der Waals surface area contributed by atoms with E-state index < -0.39 is 38.4 Å². The molecule has 0 aliphatic rings. The molecule has 0 unspecified atom stereocenters. The maximum atomic E-state index is 10.8. The van der Waals surface area contributed by atoms with Gasteiger partial charge in [0.25, 0.3) is 0 Å². The second-order valence-electron chi connectivity index (χ2n) is 14.2. The first-order valence-corrected chi connectivity index (χ1v) is 23.6. The minimum Gasteiger partial charge on any atom is -2.00 e. The van der Waals surface area contributed by atoms with Gasteiger partial charge in [0.15, 0.2) is 0 Å². The molecule has 6 aromatic rings. The van der Waals surface area contributed by atoms with Crippen LogP contribution in [0, 0.1) is 20.5 Å². The molecule has 35 nitrogen and oxygen atoms in total. The standard InChI is InChI=1S/3C15H17N3O2.2ClHO4.3O2.3H2O.3O.3V/c3*19-15(20)7-10-18(11-13-5-1-3-8-16-13)12-14-6-2-4-9-17-14;2*2-1(3,4)5;3*1-2;;;;;;;;;/h3*1-6,8-9H,7,10-12H2,(H,19,20);2*(H,2,3,4,5);;;;3*1H2;;;;;;/q;;;;;3*-2;;;;3*-2;;;/p-3. The van der Waals surface area contributed by atoms with E-state index in [2.05, 4.69) is 29.9 Å². The van der Waals surface area contributed by atoms with Gasteiger partial charge in [-0.15, -0.1) is 20.5 Å². The van der Waals surface area contributed by atoms with Crippen LogP contribution in [0.1, 0.15) is 53.4 Å². The summed E-state index contributed by atoms with van der Waals surface area (Å²) in [6.07, 6.45) is 10.6. The molecule has 0 saturated carbocycles. The van der Waals surface area contributed by atoms with Gasteiger partial charge >= 0.3 is 11.9 Å². The molecule has 85 heavy (non-hydrogen) atoms. The van der Waals surface area contributed by atoms with E-state index in [-0.39, 0.29) is 108 Å². The van der Waals surface area contributed by atoms with Gasteiger partial charge in [-0.2, -0.15) is 0 Å². The van der Waals surface area contributed by atoms with Crippen molar-refractivity contribution in [3.05, 3.63) is 181 Å². The number of carboxylic acid groups (broad SMARTS) is 3. The van der Waals surface area contributed by atoms with Crippen molar-refractivity contribution in [1.82, 2.24) is 44.6 Å². The molecule has 481 valence electrons. The van der Waals surface area contributed by atoms with Gasteiger partial charge in [0, 0.05) is 158 Å². The number of aromatic nitrogens is 6. The molecule has 0 aromatic carbocycles. The second kappa shape index (κ2) is 66.3. The Kier molecular flexibility index (Phi) is 81.5. The maximum absolute atomic E-state index is 10.8. The number of carbonyl (C=O) groups is 3. The summed E-state index contributed by atoms with van der Waals surface area (Å²) in [5, 5.41) is 70.3. The maximum Gasteiger partial charge on any atom is 0.304 e. The summed E-state index contributed by atoms with van der Waals surface area (Å²) < 4.78 is 67.9. The van der Waals surface area contributed by atoms with E-state index in [1.807, 2.05) is 124 Å². The summed E-state index contributed by atoms with van der Waals surface area (Å²) in [5.74, 6) is -2.63. The van der Waals surface area contributed by atoms with Gasteiger partial charge < -0.3 is 84.5 Å². The van der Waals surface area contributed by atoms with Crippen LogP contribution >= 0.6 is 0 Å². The van der Waals surface area contributed by atoms with E-state index >= 15 is 0 Å². The monoisotopic (exact) mass is 1360 g/mol. The number of pyridine rings is 6. The Balaban J connectivity index is -0.0000000909.